The molecule has 1 aliphatic rings. The predicted molar refractivity (Wildman–Crippen MR) is 63.7 cm³/mol. The molecule has 0 aromatic heterocycles. The fraction of sp³-hybridized carbons (Fsp3) is 0.727. The van der Waals surface area contributed by atoms with Crippen LogP contribution in [0.3, 0.4) is 0 Å². The first-order chi connectivity index (χ1) is 8.41. The average molecular weight is 257 g/mol. The Kier molecular flexibility index (Phi) is 4.94. The second kappa shape index (κ2) is 6.23. The van der Waals surface area contributed by atoms with Crippen molar-refractivity contribution in [3.8, 4) is 0 Å². The normalized spacial score (nSPS) is 23.5. The molecule has 0 aliphatic carbocycles. The molecule has 0 aromatic carbocycles. The van der Waals surface area contributed by atoms with Gasteiger partial charge < -0.3 is 21.1 Å². The van der Waals surface area contributed by atoms with Crippen molar-refractivity contribution in [2.24, 2.45) is 11.7 Å². The van der Waals surface area contributed by atoms with E-state index in [1.807, 2.05) is 6.92 Å². The molecular formula is C11H19N3O4. The minimum Gasteiger partial charge on any atom is -0.480 e. The van der Waals surface area contributed by atoms with Crippen molar-refractivity contribution < 1.29 is 19.5 Å². The fourth-order valence-electron chi connectivity index (χ4n) is 2.01. The van der Waals surface area contributed by atoms with Gasteiger partial charge in [-0.05, 0) is 18.8 Å². The number of aliphatic carboxylic acids is 1. The third-order valence-corrected chi connectivity index (χ3v) is 3.06. The minimum atomic E-state index is -0.994. The summed E-state index contributed by atoms with van der Waals surface area (Å²) >= 11 is 0. The number of carboxylic acids is 1. The summed E-state index contributed by atoms with van der Waals surface area (Å²) in [6.07, 6.45) is 1.29. The highest BCUT2D eigenvalue weighted by atomic mass is 16.4. The smallest absolute Gasteiger partial charge is 0.326 e. The van der Waals surface area contributed by atoms with Crippen molar-refractivity contribution in [3.63, 3.8) is 0 Å². The second-order valence-electron chi connectivity index (χ2n) is 4.63. The van der Waals surface area contributed by atoms with Gasteiger partial charge in [-0.15, -0.1) is 0 Å². The van der Waals surface area contributed by atoms with Crippen molar-refractivity contribution in [2.45, 2.75) is 32.2 Å². The molecule has 18 heavy (non-hydrogen) atoms. The first-order valence-corrected chi connectivity index (χ1v) is 5.97. The summed E-state index contributed by atoms with van der Waals surface area (Å²) in [6, 6.07) is -1.24. The van der Waals surface area contributed by atoms with Gasteiger partial charge in [0.15, 0.2) is 0 Å². The zero-order chi connectivity index (χ0) is 13.7. The molecule has 4 N–H and O–H groups in total. The van der Waals surface area contributed by atoms with Crippen molar-refractivity contribution in [1.82, 2.24) is 10.2 Å². The Morgan fingerprint density at radius 2 is 2.11 bits per heavy atom. The van der Waals surface area contributed by atoms with E-state index in [1.54, 1.807) is 0 Å². The van der Waals surface area contributed by atoms with Crippen LogP contribution in [-0.4, -0.2) is 47.0 Å². The van der Waals surface area contributed by atoms with Gasteiger partial charge in [-0.2, -0.15) is 0 Å². The first kappa shape index (κ1) is 14.3. The average Bonchev–Trinajstić information content (AvgIpc) is 2.28. The molecular weight excluding hydrogens is 238 g/mol. The topological polar surface area (TPSA) is 113 Å². The molecule has 2 unspecified atom stereocenters. The lowest BCUT2D eigenvalue weighted by molar-refractivity contribution is -0.143. The van der Waals surface area contributed by atoms with Gasteiger partial charge >= 0.3 is 12.0 Å². The third-order valence-electron chi connectivity index (χ3n) is 3.06. The number of likely N-dealkylation sites (tertiary alicyclic amines) is 1. The largest absolute Gasteiger partial charge is 0.480 e. The Balaban J connectivity index is 2.53. The Hall–Kier alpha value is -1.79. The highest BCUT2D eigenvalue weighted by Gasteiger charge is 2.34. The fourth-order valence-corrected chi connectivity index (χ4v) is 2.01. The molecule has 102 valence electrons. The van der Waals surface area contributed by atoms with Crippen molar-refractivity contribution in [2.75, 3.05) is 13.1 Å². The van der Waals surface area contributed by atoms with E-state index in [4.69, 9.17) is 10.8 Å². The monoisotopic (exact) mass is 257 g/mol. The van der Waals surface area contributed by atoms with E-state index < -0.39 is 23.9 Å². The third kappa shape index (κ3) is 3.90. The van der Waals surface area contributed by atoms with E-state index in [0.29, 0.717) is 18.9 Å². The summed E-state index contributed by atoms with van der Waals surface area (Å²) in [6.45, 7) is 2.52. The van der Waals surface area contributed by atoms with Crippen LogP contribution >= 0.6 is 0 Å². The Labute approximate surface area is 105 Å². The molecule has 7 heteroatoms. The maximum atomic E-state index is 11.8. The standard InChI is InChI=1S/C11H19N3O4/c1-7-3-5-14(8(6-7)10(16)17)11(18)13-4-2-9(12)15/h7-8H,2-6H2,1H3,(H2,12,15)(H,13,18)(H,16,17). The molecule has 1 saturated heterocycles. The molecule has 2 atom stereocenters. The number of hydrogen-bond donors (Lipinski definition) is 3. The van der Waals surface area contributed by atoms with Crippen LogP contribution in [0, 0.1) is 5.92 Å². The van der Waals surface area contributed by atoms with Crippen LogP contribution in [0.15, 0.2) is 0 Å². The number of carbonyl (C=O) groups excluding carboxylic acids is 2. The molecule has 0 aromatic rings. The molecule has 1 fully saturated rings. The zero-order valence-corrected chi connectivity index (χ0v) is 10.4. The van der Waals surface area contributed by atoms with Crippen LogP contribution in [0.1, 0.15) is 26.2 Å². The van der Waals surface area contributed by atoms with Crippen LogP contribution in [0.5, 0.6) is 0 Å². The van der Waals surface area contributed by atoms with Crippen LogP contribution in [-0.2, 0) is 9.59 Å². The maximum absolute atomic E-state index is 11.8. The number of hydrogen-bond acceptors (Lipinski definition) is 3. The minimum absolute atomic E-state index is 0.0493. The number of piperidine rings is 1. The molecule has 1 aliphatic heterocycles. The van der Waals surface area contributed by atoms with Crippen molar-refractivity contribution >= 4 is 17.9 Å². The highest BCUT2D eigenvalue weighted by molar-refractivity contribution is 5.83. The lowest BCUT2D eigenvalue weighted by Crippen LogP contribution is -2.53. The molecule has 7 nitrogen and oxygen atoms in total. The van der Waals surface area contributed by atoms with E-state index in [-0.39, 0.29) is 13.0 Å². The van der Waals surface area contributed by atoms with Gasteiger partial charge in [-0.3, -0.25) is 4.79 Å². The summed E-state index contributed by atoms with van der Waals surface area (Å²) in [7, 11) is 0. The van der Waals surface area contributed by atoms with Gasteiger partial charge in [0.2, 0.25) is 5.91 Å². The molecule has 1 rings (SSSR count). The summed E-state index contributed by atoms with van der Waals surface area (Å²) in [5.74, 6) is -1.20. The Morgan fingerprint density at radius 3 is 2.67 bits per heavy atom. The number of nitrogens with zero attached hydrogens (tertiary/aromatic N) is 1. The number of nitrogens with one attached hydrogen (secondary N) is 1. The SMILES string of the molecule is CC1CCN(C(=O)NCCC(N)=O)C(C(=O)O)C1. The molecule has 1 heterocycles. The van der Waals surface area contributed by atoms with Crippen LogP contribution < -0.4 is 11.1 Å². The number of carbonyl (C=O) groups is 3. The van der Waals surface area contributed by atoms with Gasteiger partial charge in [0, 0.05) is 19.5 Å². The highest BCUT2D eigenvalue weighted by Crippen LogP contribution is 2.22. The van der Waals surface area contributed by atoms with E-state index in [2.05, 4.69) is 5.32 Å². The Morgan fingerprint density at radius 1 is 1.44 bits per heavy atom. The number of nitrogens with two attached hydrogens (primary N) is 1. The van der Waals surface area contributed by atoms with E-state index in [0.717, 1.165) is 6.42 Å². The second-order valence-corrected chi connectivity index (χ2v) is 4.63. The van der Waals surface area contributed by atoms with Gasteiger partial charge in [-0.25, -0.2) is 9.59 Å². The predicted octanol–water partition coefficient (Wildman–Crippen LogP) is -0.243. The quantitative estimate of drug-likeness (QED) is 0.644. The first-order valence-electron chi connectivity index (χ1n) is 5.97. The summed E-state index contributed by atoms with van der Waals surface area (Å²) in [5.41, 5.74) is 4.95. The molecule has 0 saturated carbocycles. The van der Waals surface area contributed by atoms with E-state index in [1.165, 1.54) is 4.90 Å². The van der Waals surface area contributed by atoms with Crippen LogP contribution in [0.4, 0.5) is 4.79 Å². The molecule has 0 bridgehead atoms. The maximum Gasteiger partial charge on any atom is 0.326 e. The van der Waals surface area contributed by atoms with Crippen LogP contribution in [0.25, 0.3) is 0 Å². The number of rotatable bonds is 4. The van der Waals surface area contributed by atoms with E-state index >= 15 is 0 Å². The number of primary amides is 1. The summed E-state index contributed by atoms with van der Waals surface area (Å²) in [5, 5.41) is 11.6. The molecule has 0 spiro atoms. The van der Waals surface area contributed by atoms with Gasteiger partial charge in [0.05, 0.1) is 0 Å². The van der Waals surface area contributed by atoms with Gasteiger partial charge in [0.1, 0.15) is 6.04 Å². The van der Waals surface area contributed by atoms with Crippen molar-refractivity contribution in [1.29, 1.82) is 0 Å². The molecule has 3 amide bonds. The van der Waals surface area contributed by atoms with Gasteiger partial charge in [-0.1, -0.05) is 6.92 Å². The summed E-state index contributed by atoms with van der Waals surface area (Å²) in [4.78, 5) is 34.7. The lowest BCUT2D eigenvalue weighted by Gasteiger charge is -2.35. The van der Waals surface area contributed by atoms with Crippen LogP contribution in [0.2, 0.25) is 0 Å². The number of carboxylic acid groups (broad SMARTS) is 1. The lowest BCUT2D eigenvalue weighted by atomic mass is 9.93. The Bertz CT molecular complexity index is 345. The zero-order valence-electron chi connectivity index (χ0n) is 10.4. The van der Waals surface area contributed by atoms with E-state index in [9.17, 15) is 14.4 Å². The number of urea groups is 1. The summed E-state index contributed by atoms with van der Waals surface area (Å²) < 4.78 is 0. The van der Waals surface area contributed by atoms with Gasteiger partial charge in [0.25, 0.3) is 0 Å². The number of amides is 3. The molecule has 0 radical (unpaired) electrons. The van der Waals surface area contributed by atoms with Crippen molar-refractivity contribution in [3.05, 3.63) is 0 Å².